The minimum absolute atomic E-state index is 0.0736. The Morgan fingerprint density at radius 1 is 1.26 bits per heavy atom. The fourth-order valence-corrected chi connectivity index (χ4v) is 3.66. The van der Waals surface area contributed by atoms with Crippen molar-refractivity contribution < 1.29 is 27.5 Å². The lowest BCUT2D eigenvalue weighted by Gasteiger charge is -2.22. The molecule has 1 saturated carbocycles. The Morgan fingerprint density at radius 3 is 2.74 bits per heavy atom. The summed E-state index contributed by atoms with van der Waals surface area (Å²) in [5.74, 6) is -1.80. The number of nitrogens with zero attached hydrogens (tertiary/aromatic N) is 3. The van der Waals surface area contributed by atoms with Crippen molar-refractivity contribution in [2.24, 2.45) is 0 Å². The van der Waals surface area contributed by atoms with Crippen LogP contribution in [0.25, 0.3) is 11.0 Å². The van der Waals surface area contributed by atoms with Crippen molar-refractivity contribution in [3.05, 3.63) is 47.7 Å². The van der Waals surface area contributed by atoms with Crippen LogP contribution in [-0.2, 0) is 0 Å². The molecule has 2 aromatic heterocycles. The number of amides is 1. The molecule has 3 aromatic rings. The third kappa shape index (κ3) is 4.29. The zero-order valence-corrected chi connectivity index (χ0v) is 15.9. The van der Waals surface area contributed by atoms with Crippen LogP contribution < -0.4 is 10.6 Å². The molecule has 1 fully saturated rings. The third-order valence-electron chi connectivity index (χ3n) is 5.16. The molecule has 1 aromatic carbocycles. The number of aliphatic hydroxyl groups excluding tert-OH is 1. The quantitative estimate of drug-likeness (QED) is 0.456. The van der Waals surface area contributed by atoms with Crippen molar-refractivity contribution in [3.63, 3.8) is 0 Å². The van der Waals surface area contributed by atoms with Crippen LogP contribution in [-0.4, -0.2) is 49.5 Å². The van der Waals surface area contributed by atoms with E-state index in [4.69, 9.17) is 0 Å². The lowest BCUT2D eigenvalue weighted by molar-refractivity contribution is -0.155. The molecule has 1 aliphatic rings. The van der Waals surface area contributed by atoms with E-state index in [-0.39, 0.29) is 28.6 Å². The van der Waals surface area contributed by atoms with E-state index in [1.807, 2.05) is 5.32 Å². The van der Waals surface area contributed by atoms with Gasteiger partial charge in [-0.15, -0.1) is 0 Å². The Kier molecular flexibility index (Phi) is 5.48. The van der Waals surface area contributed by atoms with Crippen molar-refractivity contribution in [1.82, 2.24) is 25.5 Å². The fourth-order valence-electron chi connectivity index (χ4n) is 3.66. The average molecular weight is 438 g/mol. The van der Waals surface area contributed by atoms with Crippen LogP contribution in [0.3, 0.4) is 0 Å². The maximum absolute atomic E-state index is 13.6. The first-order chi connectivity index (χ1) is 14.7. The lowest BCUT2D eigenvalue weighted by atomic mass is 10.1. The summed E-state index contributed by atoms with van der Waals surface area (Å²) in [7, 11) is 0. The summed E-state index contributed by atoms with van der Waals surface area (Å²) >= 11 is 0. The van der Waals surface area contributed by atoms with Gasteiger partial charge in [-0.3, -0.25) is 9.89 Å². The van der Waals surface area contributed by atoms with Gasteiger partial charge >= 0.3 is 6.18 Å². The van der Waals surface area contributed by atoms with E-state index in [1.165, 1.54) is 6.33 Å². The maximum Gasteiger partial charge on any atom is 0.412 e. The van der Waals surface area contributed by atoms with E-state index in [0.717, 1.165) is 24.6 Å². The second kappa shape index (κ2) is 8.10. The fraction of sp³-hybridized carbons (Fsp3) is 0.368. The van der Waals surface area contributed by atoms with Gasteiger partial charge in [-0.05, 0) is 37.0 Å². The van der Waals surface area contributed by atoms with Gasteiger partial charge in [-0.1, -0.05) is 12.1 Å². The van der Waals surface area contributed by atoms with Gasteiger partial charge in [-0.2, -0.15) is 18.3 Å². The topological polar surface area (TPSA) is 116 Å². The van der Waals surface area contributed by atoms with Gasteiger partial charge in [0.1, 0.15) is 23.7 Å². The maximum atomic E-state index is 13.6. The summed E-state index contributed by atoms with van der Waals surface area (Å²) in [5.41, 5.74) is -0.658. The van der Waals surface area contributed by atoms with Crippen LogP contribution in [0.15, 0.2) is 30.6 Å². The number of rotatable bonds is 5. The van der Waals surface area contributed by atoms with E-state index in [1.54, 1.807) is 0 Å². The minimum Gasteiger partial charge on any atom is -0.391 e. The van der Waals surface area contributed by atoms with Crippen molar-refractivity contribution in [1.29, 1.82) is 0 Å². The van der Waals surface area contributed by atoms with Crippen LogP contribution in [0.2, 0.25) is 0 Å². The SMILES string of the molecule is O=C(N[C@H](c1cccc(F)c1)C(F)(F)F)c1[nH]nc2ncnc(N[C@@H]3CCC[C@H]3O)c12. The van der Waals surface area contributed by atoms with Crippen LogP contribution in [0.4, 0.5) is 23.4 Å². The highest BCUT2D eigenvalue weighted by Gasteiger charge is 2.42. The first-order valence-electron chi connectivity index (χ1n) is 9.50. The molecule has 3 atom stereocenters. The number of fused-ring (bicyclic) bond motifs is 1. The molecule has 8 nitrogen and oxygen atoms in total. The van der Waals surface area contributed by atoms with Gasteiger partial charge in [-0.25, -0.2) is 14.4 Å². The number of carbonyl (C=O) groups excluding carboxylic acids is 1. The standard InChI is InChI=1S/C19H18F4N6O2/c20-10-4-1-3-9(7-10)15(19(21,22)23)27-18(31)14-13-16(24-8-25-17(13)29-28-14)26-11-5-2-6-12(11)30/h1,3-4,7-8,11-12,15,30H,2,5-6H2,(H,27,31)(H2,24,25,26,28,29)/t11-,12-,15-/m1/s1. The molecule has 1 aliphatic carbocycles. The highest BCUT2D eigenvalue weighted by atomic mass is 19.4. The number of nitrogens with one attached hydrogen (secondary N) is 3. The summed E-state index contributed by atoms with van der Waals surface area (Å²) in [6, 6.07) is 1.16. The second-order valence-corrected chi connectivity index (χ2v) is 7.27. The highest BCUT2D eigenvalue weighted by Crippen LogP contribution is 2.34. The number of aliphatic hydroxyl groups is 1. The molecule has 4 rings (SSSR count). The molecular formula is C19H18F4N6O2. The Hall–Kier alpha value is -3.28. The summed E-state index contributed by atoms with van der Waals surface area (Å²) in [6.45, 7) is 0. The molecule has 0 unspecified atom stereocenters. The summed E-state index contributed by atoms with van der Waals surface area (Å²) in [6.07, 6.45) is -2.22. The van der Waals surface area contributed by atoms with Crippen LogP contribution in [0.5, 0.6) is 0 Å². The Balaban J connectivity index is 1.67. The normalized spacial score (nSPS) is 20.0. The molecule has 0 aliphatic heterocycles. The Bertz CT molecular complexity index is 1100. The molecule has 164 valence electrons. The van der Waals surface area contributed by atoms with Gasteiger partial charge < -0.3 is 15.7 Å². The predicted molar refractivity (Wildman–Crippen MR) is 102 cm³/mol. The molecule has 0 bridgehead atoms. The third-order valence-corrected chi connectivity index (χ3v) is 5.16. The number of anilines is 1. The number of H-pyrrole nitrogens is 1. The Labute approximate surface area is 173 Å². The number of halogens is 4. The number of aromatic nitrogens is 4. The summed E-state index contributed by atoms with van der Waals surface area (Å²) in [5, 5.41) is 21.3. The number of benzene rings is 1. The Morgan fingerprint density at radius 2 is 2.06 bits per heavy atom. The van der Waals surface area contributed by atoms with Crippen molar-refractivity contribution in [2.75, 3.05) is 5.32 Å². The van der Waals surface area contributed by atoms with Crippen LogP contribution in [0, 0.1) is 5.82 Å². The first kappa shape index (κ1) is 21.0. The number of hydrogen-bond donors (Lipinski definition) is 4. The number of carbonyl (C=O) groups is 1. The van der Waals surface area contributed by atoms with E-state index in [9.17, 15) is 27.5 Å². The highest BCUT2D eigenvalue weighted by molar-refractivity contribution is 6.07. The van der Waals surface area contributed by atoms with Crippen LogP contribution in [0.1, 0.15) is 41.4 Å². The van der Waals surface area contributed by atoms with Crippen molar-refractivity contribution in [3.8, 4) is 0 Å². The predicted octanol–water partition coefficient (Wildman–Crippen LogP) is 2.85. The van der Waals surface area contributed by atoms with Crippen LogP contribution >= 0.6 is 0 Å². The van der Waals surface area contributed by atoms with Gasteiger partial charge in [0.15, 0.2) is 11.7 Å². The molecule has 0 radical (unpaired) electrons. The second-order valence-electron chi connectivity index (χ2n) is 7.27. The van der Waals surface area contributed by atoms with Gasteiger partial charge in [0.2, 0.25) is 0 Å². The zero-order valence-electron chi connectivity index (χ0n) is 15.9. The number of hydrogen-bond acceptors (Lipinski definition) is 6. The van der Waals surface area contributed by atoms with Gasteiger partial charge in [0.25, 0.3) is 5.91 Å². The molecule has 1 amide bonds. The minimum atomic E-state index is -4.87. The molecule has 0 saturated heterocycles. The van der Waals surface area contributed by atoms with Crippen molar-refractivity contribution >= 4 is 22.8 Å². The molecule has 31 heavy (non-hydrogen) atoms. The summed E-state index contributed by atoms with van der Waals surface area (Å²) in [4.78, 5) is 20.8. The van der Waals surface area contributed by atoms with E-state index >= 15 is 0 Å². The zero-order chi connectivity index (χ0) is 22.2. The number of alkyl halides is 3. The monoisotopic (exact) mass is 438 g/mol. The number of aromatic amines is 1. The summed E-state index contributed by atoms with van der Waals surface area (Å²) < 4.78 is 54.3. The first-order valence-corrected chi connectivity index (χ1v) is 9.50. The largest absolute Gasteiger partial charge is 0.412 e. The molecular weight excluding hydrogens is 420 g/mol. The molecule has 0 spiro atoms. The van der Waals surface area contributed by atoms with E-state index in [0.29, 0.717) is 18.9 Å². The van der Waals surface area contributed by atoms with Crippen molar-refractivity contribution in [2.45, 2.75) is 43.6 Å². The van der Waals surface area contributed by atoms with E-state index < -0.39 is 35.6 Å². The molecule has 4 N–H and O–H groups in total. The van der Waals surface area contributed by atoms with Gasteiger partial charge in [0, 0.05) is 0 Å². The van der Waals surface area contributed by atoms with E-state index in [2.05, 4.69) is 25.5 Å². The smallest absolute Gasteiger partial charge is 0.391 e. The average Bonchev–Trinajstić information content (AvgIpc) is 3.32. The molecule has 2 heterocycles. The van der Waals surface area contributed by atoms with Gasteiger partial charge in [0.05, 0.1) is 17.5 Å². The lowest BCUT2D eigenvalue weighted by Crippen LogP contribution is -2.38. The molecule has 12 heteroatoms.